The number of halogens is 1. The van der Waals surface area contributed by atoms with Gasteiger partial charge in [-0.3, -0.25) is 14.2 Å². The average molecular weight is 479 g/mol. The largest absolute Gasteiger partial charge is 0.378 e. The molecule has 1 heterocycles. The quantitative estimate of drug-likeness (QED) is 0.302. The van der Waals surface area contributed by atoms with Crippen LogP contribution < -0.4 is 15.8 Å². The summed E-state index contributed by atoms with van der Waals surface area (Å²) in [6.07, 6.45) is 0. The SMILES string of the molecule is CN(C)c1ccc(NC(=O)CSc2nc3ccccc3c(=O)n2Cc2cccc(Cl)c2)cc1. The van der Waals surface area contributed by atoms with Crippen LogP contribution in [0.3, 0.4) is 0 Å². The van der Waals surface area contributed by atoms with Crippen LogP contribution in [0.15, 0.2) is 82.7 Å². The van der Waals surface area contributed by atoms with Gasteiger partial charge in [0.15, 0.2) is 5.16 Å². The molecule has 0 saturated carbocycles. The fourth-order valence-corrected chi connectivity index (χ4v) is 4.40. The molecule has 0 bridgehead atoms. The summed E-state index contributed by atoms with van der Waals surface area (Å²) >= 11 is 7.36. The summed E-state index contributed by atoms with van der Waals surface area (Å²) in [5.41, 5.74) is 3.10. The predicted molar refractivity (Wildman–Crippen MR) is 137 cm³/mol. The summed E-state index contributed by atoms with van der Waals surface area (Å²) in [5, 5.41) is 4.52. The minimum atomic E-state index is -0.172. The number of nitrogens with one attached hydrogen (secondary N) is 1. The lowest BCUT2D eigenvalue weighted by molar-refractivity contribution is -0.113. The number of rotatable bonds is 7. The Bertz CT molecular complexity index is 1350. The third-order valence-corrected chi connectivity index (χ3v) is 6.27. The fourth-order valence-electron chi connectivity index (χ4n) is 3.39. The fraction of sp³-hybridized carbons (Fsp3) is 0.160. The van der Waals surface area contributed by atoms with E-state index in [-0.39, 0.29) is 17.2 Å². The number of aromatic nitrogens is 2. The molecule has 168 valence electrons. The highest BCUT2D eigenvalue weighted by Gasteiger charge is 2.14. The monoisotopic (exact) mass is 478 g/mol. The maximum absolute atomic E-state index is 13.2. The van der Waals surface area contributed by atoms with Gasteiger partial charge in [-0.2, -0.15) is 0 Å². The number of benzene rings is 3. The van der Waals surface area contributed by atoms with E-state index in [1.807, 2.05) is 73.6 Å². The normalized spacial score (nSPS) is 10.9. The molecule has 1 N–H and O–H groups in total. The zero-order chi connectivity index (χ0) is 23.4. The number of hydrogen-bond acceptors (Lipinski definition) is 5. The van der Waals surface area contributed by atoms with Crippen LogP contribution in [0.2, 0.25) is 5.02 Å². The number of nitrogens with zero attached hydrogens (tertiary/aromatic N) is 3. The standard InChI is InChI=1S/C25H23ClN4O2S/c1-29(2)20-12-10-19(11-13-20)27-23(31)16-33-25-28-22-9-4-3-8-21(22)24(32)30(25)15-17-6-5-7-18(26)14-17/h3-14H,15-16H2,1-2H3,(H,27,31). The lowest BCUT2D eigenvalue weighted by Crippen LogP contribution is -2.25. The summed E-state index contributed by atoms with van der Waals surface area (Å²) in [7, 11) is 3.92. The van der Waals surface area contributed by atoms with Crippen LogP contribution in [-0.4, -0.2) is 35.3 Å². The minimum Gasteiger partial charge on any atom is -0.378 e. The Kier molecular flexibility index (Phi) is 7.01. The Labute approximate surface area is 201 Å². The lowest BCUT2D eigenvalue weighted by atomic mass is 10.2. The van der Waals surface area contributed by atoms with Crippen molar-refractivity contribution < 1.29 is 4.79 Å². The Morgan fingerprint density at radius 2 is 1.82 bits per heavy atom. The minimum absolute atomic E-state index is 0.121. The molecule has 0 aliphatic carbocycles. The van der Waals surface area contributed by atoms with E-state index in [1.165, 1.54) is 11.8 Å². The van der Waals surface area contributed by atoms with Crippen molar-refractivity contribution in [2.75, 3.05) is 30.1 Å². The van der Waals surface area contributed by atoms with Crippen LogP contribution >= 0.6 is 23.4 Å². The van der Waals surface area contributed by atoms with Gasteiger partial charge >= 0.3 is 0 Å². The number of thioether (sulfide) groups is 1. The number of carbonyl (C=O) groups is 1. The Morgan fingerprint density at radius 1 is 1.06 bits per heavy atom. The molecular weight excluding hydrogens is 456 g/mol. The van der Waals surface area contributed by atoms with Gasteiger partial charge in [0.05, 0.1) is 23.2 Å². The van der Waals surface area contributed by atoms with Gasteiger partial charge in [-0.15, -0.1) is 0 Å². The van der Waals surface area contributed by atoms with E-state index in [4.69, 9.17) is 11.6 Å². The van der Waals surface area contributed by atoms with Crippen LogP contribution in [0.25, 0.3) is 10.9 Å². The van der Waals surface area contributed by atoms with Gasteiger partial charge < -0.3 is 10.2 Å². The summed E-state index contributed by atoms with van der Waals surface area (Å²) in [6, 6.07) is 22.2. The first-order chi connectivity index (χ1) is 15.9. The Balaban J connectivity index is 1.56. The Morgan fingerprint density at radius 3 is 2.55 bits per heavy atom. The van der Waals surface area contributed by atoms with Crippen molar-refractivity contribution in [2.45, 2.75) is 11.7 Å². The molecule has 0 saturated heterocycles. The molecule has 4 aromatic rings. The topological polar surface area (TPSA) is 67.2 Å². The van der Waals surface area contributed by atoms with Crippen molar-refractivity contribution in [3.8, 4) is 0 Å². The van der Waals surface area contributed by atoms with Gasteiger partial charge in [-0.25, -0.2) is 4.98 Å². The molecule has 0 aliphatic heterocycles. The molecular formula is C25H23ClN4O2S. The second kappa shape index (κ2) is 10.1. The van der Waals surface area contributed by atoms with Gasteiger partial charge in [-0.1, -0.05) is 47.6 Å². The lowest BCUT2D eigenvalue weighted by Gasteiger charge is -2.14. The second-order valence-electron chi connectivity index (χ2n) is 7.71. The molecule has 8 heteroatoms. The molecule has 33 heavy (non-hydrogen) atoms. The number of carbonyl (C=O) groups excluding carboxylic acids is 1. The van der Waals surface area contributed by atoms with Gasteiger partial charge in [0.2, 0.25) is 5.91 Å². The van der Waals surface area contributed by atoms with Crippen molar-refractivity contribution in [2.24, 2.45) is 0 Å². The molecule has 0 aliphatic rings. The highest BCUT2D eigenvalue weighted by molar-refractivity contribution is 7.99. The van der Waals surface area contributed by atoms with Crippen LogP contribution in [0, 0.1) is 0 Å². The number of fused-ring (bicyclic) bond motifs is 1. The van der Waals surface area contributed by atoms with Crippen molar-refractivity contribution >= 4 is 51.5 Å². The summed E-state index contributed by atoms with van der Waals surface area (Å²) in [6.45, 7) is 0.313. The van der Waals surface area contributed by atoms with E-state index in [9.17, 15) is 9.59 Å². The van der Waals surface area contributed by atoms with E-state index < -0.39 is 0 Å². The predicted octanol–water partition coefficient (Wildman–Crippen LogP) is 4.90. The maximum Gasteiger partial charge on any atom is 0.262 e. The highest BCUT2D eigenvalue weighted by atomic mass is 35.5. The van der Waals surface area contributed by atoms with E-state index in [1.54, 1.807) is 22.8 Å². The first-order valence-corrected chi connectivity index (χ1v) is 11.7. The van der Waals surface area contributed by atoms with Crippen molar-refractivity contribution in [1.29, 1.82) is 0 Å². The van der Waals surface area contributed by atoms with E-state index in [2.05, 4.69) is 10.3 Å². The number of hydrogen-bond donors (Lipinski definition) is 1. The molecule has 1 amide bonds. The Hall–Kier alpha value is -3.29. The highest BCUT2D eigenvalue weighted by Crippen LogP contribution is 2.21. The number of para-hydroxylation sites is 1. The van der Waals surface area contributed by atoms with Gasteiger partial charge in [0, 0.05) is 30.5 Å². The molecule has 0 unspecified atom stereocenters. The molecule has 1 aromatic heterocycles. The summed E-state index contributed by atoms with van der Waals surface area (Å²) in [4.78, 5) is 32.5. The third-order valence-electron chi connectivity index (χ3n) is 5.06. The van der Waals surface area contributed by atoms with E-state index in [0.717, 1.165) is 11.3 Å². The van der Waals surface area contributed by atoms with Gasteiger partial charge in [0.1, 0.15) is 0 Å². The average Bonchev–Trinajstić information content (AvgIpc) is 2.80. The third kappa shape index (κ3) is 5.56. The van der Waals surface area contributed by atoms with Crippen LogP contribution in [0.5, 0.6) is 0 Å². The number of amides is 1. The van der Waals surface area contributed by atoms with Crippen LogP contribution in [0.1, 0.15) is 5.56 Å². The number of anilines is 2. The molecule has 0 spiro atoms. The molecule has 0 radical (unpaired) electrons. The van der Waals surface area contributed by atoms with E-state index >= 15 is 0 Å². The van der Waals surface area contributed by atoms with Crippen LogP contribution in [0.4, 0.5) is 11.4 Å². The van der Waals surface area contributed by atoms with Crippen LogP contribution in [-0.2, 0) is 11.3 Å². The van der Waals surface area contributed by atoms with E-state index in [0.29, 0.717) is 33.3 Å². The first-order valence-electron chi connectivity index (χ1n) is 10.3. The zero-order valence-corrected chi connectivity index (χ0v) is 19.9. The maximum atomic E-state index is 13.2. The first kappa shape index (κ1) is 22.9. The van der Waals surface area contributed by atoms with Crippen molar-refractivity contribution in [3.05, 3.63) is 93.7 Å². The van der Waals surface area contributed by atoms with Crippen molar-refractivity contribution in [1.82, 2.24) is 9.55 Å². The zero-order valence-electron chi connectivity index (χ0n) is 18.3. The molecule has 0 fully saturated rings. The summed E-state index contributed by atoms with van der Waals surface area (Å²) in [5.74, 6) is -0.0511. The summed E-state index contributed by atoms with van der Waals surface area (Å²) < 4.78 is 1.60. The van der Waals surface area contributed by atoms with Gasteiger partial charge in [0.25, 0.3) is 5.56 Å². The smallest absolute Gasteiger partial charge is 0.262 e. The molecule has 3 aromatic carbocycles. The molecule has 4 rings (SSSR count). The molecule has 0 atom stereocenters. The van der Waals surface area contributed by atoms with Gasteiger partial charge in [-0.05, 0) is 54.1 Å². The van der Waals surface area contributed by atoms with Crippen molar-refractivity contribution in [3.63, 3.8) is 0 Å². The molecule has 6 nitrogen and oxygen atoms in total. The second-order valence-corrected chi connectivity index (χ2v) is 9.09.